The summed E-state index contributed by atoms with van der Waals surface area (Å²) in [6.07, 6.45) is 0. The van der Waals surface area contributed by atoms with Crippen LogP contribution in [0, 0.1) is 41.5 Å². The van der Waals surface area contributed by atoms with Crippen molar-refractivity contribution >= 4 is 20.3 Å². The average molecular weight is 542 g/mol. The number of anilines is 2. The van der Waals surface area contributed by atoms with Crippen LogP contribution in [0.1, 0.15) is 45.9 Å². The number of aryl methyl sites for hydroxylation is 6. The molecule has 3 nitrogen and oxygen atoms in total. The second kappa shape index (κ2) is 10.4. The van der Waals surface area contributed by atoms with E-state index in [0.717, 1.165) is 18.8 Å². The Hall–Kier alpha value is -2.58. The van der Waals surface area contributed by atoms with Crippen LogP contribution in [0.25, 0.3) is 0 Å². The Morgan fingerprint density at radius 2 is 1.24 bits per heavy atom. The molecule has 0 saturated carbocycles. The maximum absolute atomic E-state index is 5.92. The van der Waals surface area contributed by atoms with Crippen LogP contribution < -0.4 is 14.5 Å². The number of nitrogens with zero attached hydrogens (tertiary/aromatic N) is 2. The van der Waals surface area contributed by atoms with Gasteiger partial charge in [-0.15, -0.1) is 0 Å². The molecule has 1 heterocycles. The van der Waals surface area contributed by atoms with Gasteiger partial charge >= 0.3 is 212 Å². The van der Waals surface area contributed by atoms with Crippen molar-refractivity contribution in [2.45, 2.75) is 48.5 Å². The van der Waals surface area contributed by atoms with E-state index < -0.39 is 0 Å². The molecule has 0 bridgehead atoms. The Balaban J connectivity index is 1.91. The first-order chi connectivity index (χ1) is 16.3. The van der Waals surface area contributed by atoms with Crippen LogP contribution in [-0.2, 0) is 16.2 Å². The third-order valence-corrected chi connectivity index (χ3v) is 8.44. The van der Waals surface area contributed by atoms with Crippen molar-refractivity contribution in [3.8, 4) is 5.75 Å². The van der Waals surface area contributed by atoms with Gasteiger partial charge in [0.15, 0.2) is 0 Å². The number of hydrogen-bond donors (Lipinski definition) is 0. The quantitative estimate of drug-likeness (QED) is 0.354. The zero-order valence-corrected chi connectivity index (χ0v) is 23.2. The number of rotatable bonds is 5. The van der Waals surface area contributed by atoms with Gasteiger partial charge in [0.2, 0.25) is 0 Å². The molecule has 3 aromatic rings. The summed E-state index contributed by atoms with van der Waals surface area (Å²) in [6, 6.07) is 17.7. The summed E-state index contributed by atoms with van der Waals surface area (Å²) in [5.74, 6) is 0.974. The summed E-state index contributed by atoms with van der Waals surface area (Å²) in [4.78, 5) is 5.17. The molecule has 34 heavy (non-hydrogen) atoms. The third-order valence-electron chi connectivity index (χ3n) is 6.26. The van der Waals surface area contributed by atoms with Gasteiger partial charge in [-0.3, -0.25) is 0 Å². The third kappa shape index (κ3) is 4.93. The van der Waals surface area contributed by atoms with E-state index in [1.165, 1.54) is 54.7 Å². The van der Waals surface area contributed by atoms with Crippen LogP contribution in [0.15, 0.2) is 48.5 Å². The first kappa shape index (κ1) is 24.5. The summed E-state index contributed by atoms with van der Waals surface area (Å²) in [7, 11) is 0. The van der Waals surface area contributed by atoms with Gasteiger partial charge in [-0.25, -0.2) is 0 Å². The fraction of sp³-hybridized carbons (Fsp3) is 0.333. The molecule has 180 valence electrons. The van der Waals surface area contributed by atoms with Gasteiger partial charge in [0.25, 0.3) is 0 Å². The molecule has 1 aliphatic rings. The van der Waals surface area contributed by atoms with Crippen molar-refractivity contribution in [2.75, 3.05) is 29.5 Å². The molecule has 0 unspecified atom stereocenters. The van der Waals surface area contributed by atoms with E-state index in [-0.39, 0.29) is 16.2 Å². The minimum absolute atomic E-state index is 0.192. The second-order valence-electron chi connectivity index (χ2n) is 9.23. The van der Waals surface area contributed by atoms with E-state index >= 15 is 0 Å². The monoisotopic (exact) mass is 542 g/mol. The van der Waals surface area contributed by atoms with Crippen molar-refractivity contribution < 1.29 is 21.0 Å². The van der Waals surface area contributed by atoms with E-state index in [0.29, 0.717) is 6.61 Å². The topological polar surface area (TPSA) is 15.7 Å². The van der Waals surface area contributed by atoms with Gasteiger partial charge < -0.3 is 0 Å². The number of para-hydroxylation sites is 1. The molecule has 0 amide bonds. The maximum atomic E-state index is 5.92. The zero-order valence-electron chi connectivity index (χ0n) is 21.5. The summed E-state index contributed by atoms with van der Waals surface area (Å²) >= 11 is -0.192. The SMILES string of the molecule is CCOc1ccccc1[CH]=[Ru]=[C]1N(c2c(C)cc(C)cc2C)CCN1c1c(C)cc(C)cc1C. The molecule has 0 atom stereocenters. The Bertz CT molecular complexity index is 1170. The van der Waals surface area contributed by atoms with Crippen molar-refractivity contribution in [1.29, 1.82) is 0 Å². The van der Waals surface area contributed by atoms with Gasteiger partial charge in [0, 0.05) is 0 Å². The van der Waals surface area contributed by atoms with E-state index in [1.807, 2.05) is 6.92 Å². The molecule has 0 radical (unpaired) electrons. The molecule has 0 aromatic heterocycles. The molecule has 1 fully saturated rings. The molecule has 0 aliphatic carbocycles. The minimum atomic E-state index is -0.192. The zero-order chi connectivity index (χ0) is 24.4. The average Bonchev–Trinajstić information content (AvgIpc) is 3.15. The van der Waals surface area contributed by atoms with Crippen LogP contribution in [-0.4, -0.2) is 28.7 Å². The first-order valence-electron chi connectivity index (χ1n) is 12.0. The van der Waals surface area contributed by atoms with Gasteiger partial charge in [0.1, 0.15) is 0 Å². The Morgan fingerprint density at radius 1 is 0.765 bits per heavy atom. The molecule has 4 heteroatoms. The summed E-state index contributed by atoms with van der Waals surface area (Å²) in [5.41, 5.74) is 12.0. The molecule has 1 saturated heterocycles. The molecule has 0 N–H and O–H groups in total. The molecule has 1 aliphatic heterocycles. The van der Waals surface area contributed by atoms with Gasteiger partial charge in [-0.05, 0) is 0 Å². The number of ether oxygens (including phenoxy) is 1. The summed E-state index contributed by atoms with van der Waals surface area (Å²) < 4.78 is 9.76. The van der Waals surface area contributed by atoms with Crippen molar-refractivity contribution in [2.24, 2.45) is 0 Å². The van der Waals surface area contributed by atoms with Crippen LogP contribution in [0.5, 0.6) is 5.75 Å². The van der Waals surface area contributed by atoms with E-state index in [2.05, 4.69) is 104 Å². The van der Waals surface area contributed by atoms with Crippen LogP contribution in [0.3, 0.4) is 0 Å². The molecular weight excluding hydrogens is 505 g/mol. The number of benzene rings is 3. The van der Waals surface area contributed by atoms with Gasteiger partial charge in [0.05, 0.1) is 0 Å². The molecule has 4 rings (SSSR count). The predicted molar refractivity (Wildman–Crippen MR) is 144 cm³/mol. The van der Waals surface area contributed by atoms with E-state index in [9.17, 15) is 0 Å². The predicted octanol–water partition coefficient (Wildman–Crippen LogP) is 6.28. The van der Waals surface area contributed by atoms with Crippen molar-refractivity contribution in [3.63, 3.8) is 0 Å². The fourth-order valence-electron chi connectivity index (χ4n) is 5.19. The Morgan fingerprint density at radius 3 is 1.71 bits per heavy atom. The Labute approximate surface area is 212 Å². The van der Waals surface area contributed by atoms with Crippen molar-refractivity contribution in [3.05, 3.63) is 87.5 Å². The first-order valence-corrected chi connectivity index (χ1v) is 13.9. The van der Waals surface area contributed by atoms with Crippen LogP contribution in [0.4, 0.5) is 11.4 Å². The molecular formula is C30H36N2ORu. The summed E-state index contributed by atoms with van der Waals surface area (Å²) in [6.45, 7) is 18.1. The number of hydrogen-bond acceptors (Lipinski definition) is 3. The standard InChI is InChI=1S/C21H26N2.C9H10O.Ru/c1-14-9-16(3)20(17(4)10-14)22-7-8-23(13-22)21-18(5)11-15(2)12-19(21)6;1-3-10-9-7-5-4-6-8(9)2;/h9-12H,7-8H2,1-6H3;2,4-7H,3H2,1H3;. The Kier molecular flexibility index (Phi) is 7.48. The molecule has 3 aromatic carbocycles. The molecule has 0 spiro atoms. The van der Waals surface area contributed by atoms with Gasteiger partial charge in [-0.1, -0.05) is 0 Å². The second-order valence-corrected chi connectivity index (χ2v) is 11.0. The van der Waals surface area contributed by atoms with Crippen LogP contribution >= 0.6 is 0 Å². The van der Waals surface area contributed by atoms with Crippen molar-refractivity contribution in [1.82, 2.24) is 0 Å². The van der Waals surface area contributed by atoms with Gasteiger partial charge in [-0.2, -0.15) is 0 Å². The summed E-state index contributed by atoms with van der Waals surface area (Å²) in [5, 5.41) is 0. The van der Waals surface area contributed by atoms with Crippen LogP contribution in [0.2, 0.25) is 0 Å². The van der Waals surface area contributed by atoms with E-state index in [1.54, 1.807) is 0 Å². The normalized spacial score (nSPS) is 13.6. The fourth-order valence-corrected chi connectivity index (χ4v) is 7.41. The van der Waals surface area contributed by atoms with E-state index in [4.69, 9.17) is 4.74 Å².